The van der Waals surface area contributed by atoms with Crippen LogP contribution in [0.4, 0.5) is 0 Å². The zero-order chi connectivity index (χ0) is 15.4. The molecule has 1 aromatic carbocycles. The van der Waals surface area contributed by atoms with E-state index in [1.807, 2.05) is 59.3 Å². The molecule has 0 spiro atoms. The molecule has 0 aliphatic heterocycles. The van der Waals surface area contributed by atoms with Crippen LogP contribution in [0.1, 0.15) is 9.88 Å². The Morgan fingerprint density at radius 1 is 1.14 bits per heavy atom. The number of carbonyl (C=O) groups is 1. The summed E-state index contributed by atoms with van der Waals surface area (Å²) in [5.74, 6) is -0.373. The van der Waals surface area contributed by atoms with E-state index >= 15 is 0 Å². The van der Waals surface area contributed by atoms with Gasteiger partial charge in [-0.2, -0.15) is 0 Å². The number of esters is 1. The van der Waals surface area contributed by atoms with Gasteiger partial charge in [0.25, 0.3) is 0 Å². The first-order valence-corrected chi connectivity index (χ1v) is 8.38. The molecule has 0 bridgehead atoms. The van der Waals surface area contributed by atoms with Gasteiger partial charge in [-0.3, -0.25) is 0 Å². The number of thiophene rings is 1. The van der Waals surface area contributed by atoms with Crippen molar-refractivity contribution in [2.45, 2.75) is 0 Å². The van der Waals surface area contributed by atoms with Crippen LogP contribution in [0, 0.1) is 0 Å². The maximum absolute atomic E-state index is 12.1. The van der Waals surface area contributed by atoms with Crippen molar-refractivity contribution in [2.75, 3.05) is 7.11 Å². The van der Waals surface area contributed by atoms with Crippen molar-refractivity contribution in [1.82, 2.24) is 4.98 Å². The molecule has 3 nitrogen and oxygen atoms in total. The quantitative estimate of drug-likeness (QED) is 0.520. The molecule has 3 rings (SSSR count). The topological polar surface area (TPSA) is 39.2 Å². The molecule has 0 amide bonds. The monoisotopic (exact) mass is 327 g/mol. The number of hydrogen-bond donors (Lipinski definition) is 0. The number of rotatable bonds is 4. The first kappa shape index (κ1) is 14.7. The number of methoxy groups -OCH3 is 1. The van der Waals surface area contributed by atoms with Crippen LogP contribution in [0.3, 0.4) is 0 Å². The minimum atomic E-state index is -0.373. The van der Waals surface area contributed by atoms with Gasteiger partial charge in [-0.25, -0.2) is 9.78 Å². The Labute approximate surface area is 136 Å². The molecule has 0 radical (unpaired) electrons. The lowest BCUT2D eigenvalue weighted by atomic mass is 10.2. The Morgan fingerprint density at radius 2 is 1.95 bits per heavy atom. The highest BCUT2D eigenvalue weighted by Crippen LogP contribution is 2.28. The van der Waals surface area contributed by atoms with Crippen molar-refractivity contribution in [2.24, 2.45) is 0 Å². The lowest BCUT2D eigenvalue weighted by Crippen LogP contribution is -2.03. The molecule has 0 atom stereocenters. The standard InChI is InChI=1S/C17H13NO2S2/c1-20-17(19)14(10-13-8-5-9-21-13)16-18-15(11-22-16)12-6-3-2-4-7-12/h2-11H,1H3/b14-10-. The van der Waals surface area contributed by atoms with Crippen molar-refractivity contribution in [3.8, 4) is 11.3 Å². The highest BCUT2D eigenvalue weighted by molar-refractivity contribution is 7.12. The summed E-state index contributed by atoms with van der Waals surface area (Å²) >= 11 is 3.01. The molecule has 22 heavy (non-hydrogen) atoms. The van der Waals surface area contributed by atoms with Gasteiger partial charge in [-0.05, 0) is 17.5 Å². The number of benzene rings is 1. The Kier molecular flexibility index (Phi) is 4.46. The molecule has 0 aliphatic carbocycles. The van der Waals surface area contributed by atoms with E-state index in [0.717, 1.165) is 16.1 Å². The van der Waals surface area contributed by atoms with Crippen molar-refractivity contribution in [3.05, 3.63) is 63.1 Å². The molecule has 0 fully saturated rings. The Balaban J connectivity index is 1.99. The van der Waals surface area contributed by atoms with Crippen LogP contribution in [0.5, 0.6) is 0 Å². The molecule has 2 aromatic heterocycles. The third-order valence-corrected chi connectivity index (χ3v) is 4.73. The van der Waals surface area contributed by atoms with E-state index in [4.69, 9.17) is 4.74 Å². The van der Waals surface area contributed by atoms with Crippen molar-refractivity contribution in [3.63, 3.8) is 0 Å². The van der Waals surface area contributed by atoms with E-state index < -0.39 is 0 Å². The summed E-state index contributed by atoms with van der Waals surface area (Å²) in [4.78, 5) is 17.6. The Morgan fingerprint density at radius 3 is 2.64 bits per heavy atom. The minimum Gasteiger partial charge on any atom is -0.465 e. The number of ether oxygens (including phenoxy) is 1. The summed E-state index contributed by atoms with van der Waals surface area (Å²) in [6, 6.07) is 13.8. The number of hydrogen-bond acceptors (Lipinski definition) is 5. The van der Waals surface area contributed by atoms with E-state index in [0.29, 0.717) is 10.6 Å². The van der Waals surface area contributed by atoms with Crippen molar-refractivity contribution >= 4 is 40.3 Å². The van der Waals surface area contributed by atoms with Crippen LogP contribution in [-0.2, 0) is 9.53 Å². The molecule has 0 unspecified atom stereocenters. The predicted octanol–water partition coefficient (Wildman–Crippen LogP) is 4.59. The summed E-state index contributed by atoms with van der Waals surface area (Å²) in [7, 11) is 1.39. The van der Waals surface area contributed by atoms with Crippen molar-refractivity contribution < 1.29 is 9.53 Å². The number of aromatic nitrogens is 1. The number of thiazole rings is 1. The van der Waals surface area contributed by atoms with Gasteiger partial charge in [0.2, 0.25) is 0 Å². The van der Waals surface area contributed by atoms with E-state index in [1.54, 1.807) is 11.3 Å². The zero-order valence-electron chi connectivity index (χ0n) is 11.9. The van der Waals surface area contributed by atoms with Gasteiger partial charge in [-0.15, -0.1) is 22.7 Å². The fourth-order valence-electron chi connectivity index (χ4n) is 1.97. The summed E-state index contributed by atoms with van der Waals surface area (Å²) < 4.78 is 4.89. The van der Waals surface area contributed by atoms with Gasteiger partial charge in [0.05, 0.1) is 18.4 Å². The van der Waals surface area contributed by atoms with Crippen LogP contribution in [0.2, 0.25) is 0 Å². The molecular weight excluding hydrogens is 314 g/mol. The lowest BCUT2D eigenvalue weighted by molar-refractivity contribution is -0.133. The average Bonchev–Trinajstić information content (AvgIpc) is 3.24. The van der Waals surface area contributed by atoms with Crippen LogP contribution in [-0.4, -0.2) is 18.1 Å². The largest absolute Gasteiger partial charge is 0.465 e. The average molecular weight is 327 g/mol. The third-order valence-electron chi connectivity index (χ3n) is 3.04. The highest BCUT2D eigenvalue weighted by atomic mass is 32.1. The van der Waals surface area contributed by atoms with E-state index in [2.05, 4.69) is 4.98 Å². The molecule has 0 aliphatic rings. The molecule has 0 saturated carbocycles. The van der Waals surface area contributed by atoms with E-state index in [-0.39, 0.29) is 5.97 Å². The van der Waals surface area contributed by atoms with E-state index in [1.165, 1.54) is 18.4 Å². The van der Waals surface area contributed by atoms with Crippen LogP contribution < -0.4 is 0 Å². The lowest BCUT2D eigenvalue weighted by Gasteiger charge is -2.01. The maximum Gasteiger partial charge on any atom is 0.340 e. The Hall–Kier alpha value is -2.24. The van der Waals surface area contributed by atoms with Crippen LogP contribution >= 0.6 is 22.7 Å². The van der Waals surface area contributed by atoms with Gasteiger partial charge in [0.1, 0.15) is 5.01 Å². The summed E-state index contributed by atoms with van der Waals surface area (Å²) in [5.41, 5.74) is 2.38. The molecule has 2 heterocycles. The molecule has 3 aromatic rings. The molecule has 0 saturated heterocycles. The second-order valence-electron chi connectivity index (χ2n) is 4.47. The maximum atomic E-state index is 12.1. The number of nitrogens with zero attached hydrogens (tertiary/aromatic N) is 1. The Bertz CT molecular complexity index is 789. The first-order valence-electron chi connectivity index (χ1n) is 6.63. The summed E-state index contributed by atoms with van der Waals surface area (Å²) in [6.07, 6.45) is 1.82. The summed E-state index contributed by atoms with van der Waals surface area (Å²) in [6.45, 7) is 0. The minimum absolute atomic E-state index is 0.373. The van der Waals surface area contributed by atoms with Gasteiger partial charge < -0.3 is 4.74 Å². The molecular formula is C17H13NO2S2. The van der Waals surface area contributed by atoms with Gasteiger partial charge in [0, 0.05) is 15.8 Å². The normalized spacial score (nSPS) is 11.4. The van der Waals surface area contributed by atoms with Gasteiger partial charge in [0.15, 0.2) is 0 Å². The second kappa shape index (κ2) is 6.68. The SMILES string of the molecule is COC(=O)/C(=C\c1cccs1)c1nc(-c2ccccc2)cs1. The van der Waals surface area contributed by atoms with Crippen LogP contribution in [0.15, 0.2) is 53.2 Å². The number of carbonyl (C=O) groups excluding carboxylic acids is 1. The fourth-order valence-corrected chi connectivity index (χ4v) is 3.46. The first-order chi connectivity index (χ1) is 10.8. The van der Waals surface area contributed by atoms with Gasteiger partial charge in [-0.1, -0.05) is 36.4 Å². The molecule has 0 N–H and O–H groups in total. The fraction of sp³-hybridized carbons (Fsp3) is 0.0588. The van der Waals surface area contributed by atoms with Crippen molar-refractivity contribution in [1.29, 1.82) is 0 Å². The zero-order valence-corrected chi connectivity index (χ0v) is 13.5. The van der Waals surface area contributed by atoms with E-state index in [9.17, 15) is 4.79 Å². The highest BCUT2D eigenvalue weighted by Gasteiger charge is 2.17. The smallest absolute Gasteiger partial charge is 0.340 e. The third kappa shape index (κ3) is 3.16. The molecule has 110 valence electrons. The predicted molar refractivity (Wildman–Crippen MR) is 91.8 cm³/mol. The van der Waals surface area contributed by atoms with Gasteiger partial charge >= 0.3 is 5.97 Å². The summed E-state index contributed by atoms with van der Waals surface area (Å²) in [5, 5.41) is 4.59. The van der Waals surface area contributed by atoms with Crippen LogP contribution in [0.25, 0.3) is 22.9 Å². The molecule has 5 heteroatoms. The second-order valence-corrected chi connectivity index (χ2v) is 6.31.